The maximum atomic E-state index is 10.6. The van der Waals surface area contributed by atoms with E-state index < -0.39 is 0 Å². The molecule has 0 spiro atoms. The van der Waals surface area contributed by atoms with Crippen molar-refractivity contribution in [2.75, 3.05) is 12.8 Å². The van der Waals surface area contributed by atoms with Gasteiger partial charge in [0.05, 0.1) is 12.0 Å². The lowest BCUT2D eigenvalue weighted by molar-refractivity contribution is 0.112. The van der Waals surface area contributed by atoms with E-state index in [0.717, 1.165) is 22.5 Å². The van der Waals surface area contributed by atoms with Gasteiger partial charge in [0.15, 0.2) is 6.29 Å². The first-order valence-corrected chi connectivity index (χ1v) is 5.54. The molecular weight excluding hydrogens is 222 g/mol. The number of nitrogen functional groups attached to an aromatic ring is 1. The van der Waals surface area contributed by atoms with Crippen molar-refractivity contribution in [2.45, 2.75) is 0 Å². The number of ether oxygens (including phenoxy) is 1. The van der Waals surface area contributed by atoms with E-state index in [9.17, 15) is 4.79 Å². The van der Waals surface area contributed by atoms with E-state index >= 15 is 0 Å². The fourth-order valence-electron chi connectivity index (χ4n) is 1.45. The first-order chi connectivity index (χ1) is 7.72. The van der Waals surface area contributed by atoms with Crippen LogP contribution in [0, 0.1) is 0 Å². The molecule has 0 aliphatic heterocycles. The lowest BCUT2D eigenvalue weighted by Gasteiger charge is -2.04. The molecule has 3 nitrogen and oxygen atoms in total. The third kappa shape index (κ3) is 2.06. The second-order valence-electron chi connectivity index (χ2n) is 3.31. The van der Waals surface area contributed by atoms with E-state index in [2.05, 4.69) is 0 Å². The normalized spacial score (nSPS) is 10.1. The fraction of sp³-hybridized carbons (Fsp3) is 0.0833. The van der Waals surface area contributed by atoms with E-state index in [1.807, 2.05) is 18.2 Å². The summed E-state index contributed by atoms with van der Waals surface area (Å²) in [5.41, 5.74) is 7.38. The average Bonchev–Trinajstić information content (AvgIpc) is 2.76. The maximum Gasteiger partial charge on any atom is 0.160 e. The zero-order valence-electron chi connectivity index (χ0n) is 8.77. The van der Waals surface area contributed by atoms with Gasteiger partial charge in [0.25, 0.3) is 0 Å². The highest BCUT2D eigenvalue weighted by atomic mass is 32.1. The Kier molecular flexibility index (Phi) is 2.92. The molecule has 0 saturated heterocycles. The number of aldehydes is 1. The van der Waals surface area contributed by atoms with Gasteiger partial charge in [-0.05, 0) is 29.8 Å². The SMILES string of the molecule is COc1cc(N)cc(-c2ccc(C=O)s2)c1. The Labute approximate surface area is 97.5 Å². The standard InChI is InChI=1S/C12H11NO2S/c1-15-10-5-8(4-9(13)6-10)12-3-2-11(7-14)16-12/h2-7H,13H2,1H3. The van der Waals surface area contributed by atoms with Gasteiger partial charge >= 0.3 is 0 Å². The molecule has 1 aromatic heterocycles. The number of carbonyl (C=O) groups excluding carboxylic acids is 1. The van der Waals surface area contributed by atoms with Crippen molar-refractivity contribution >= 4 is 23.3 Å². The van der Waals surface area contributed by atoms with Crippen LogP contribution in [0.1, 0.15) is 9.67 Å². The second-order valence-corrected chi connectivity index (χ2v) is 4.43. The summed E-state index contributed by atoms with van der Waals surface area (Å²) >= 11 is 1.43. The number of carbonyl (C=O) groups is 1. The van der Waals surface area contributed by atoms with Crippen LogP contribution in [0.5, 0.6) is 5.75 Å². The van der Waals surface area contributed by atoms with Gasteiger partial charge in [-0.25, -0.2) is 0 Å². The Morgan fingerprint density at radius 1 is 1.31 bits per heavy atom. The minimum absolute atomic E-state index is 0.649. The molecule has 16 heavy (non-hydrogen) atoms. The number of anilines is 1. The number of methoxy groups -OCH3 is 1. The topological polar surface area (TPSA) is 52.3 Å². The average molecular weight is 233 g/mol. The molecule has 0 unspecified atom stereocenters. The van der Waals surface area contributed by atoms with Crippen molar-refractivity contribution in [1.29, 1.82) is 0 Å². The Morgan fingerprint density at radius 2 is 2.12 bits per heavy atom. The molecule has 0 radical (unpaired) electrons. The second kappa shape index (κ2) is 4.37. The van der Waals surface area contributed by atoms with Gasteiger partial charge in [0, 0.05) is 16.6 Å². The molecule has 0 aliphatic carbocycles. The van der Waals surface area contributed by atoms with Crippen LogP contribution in [0.3, 0.4) is 0 Å². The number of hydrogen-bond donors (Lipinski definition) is 1. The van der Waals surface area contributed by atoms with Gasteiger partial charge in [-0.15, -0.1) is 11.3 Å². The summed E-state index contributed by atoms with van der Waals surface area (Å²) in [6.45, 7) is 0. The first-order valence-electron chi connectivity index (χ1n) is 4.73. The van der Waals surface area contributed by atoms with E-state index in [1.165, 1.54) is 11.3 Å². The zero-order chi connectivity index (χ0) is 11.5. The van der Waals surface area contributed by atoms with Crippen molar-refractivity contribution in [2.24, 2.45) is 0 Å². The summed E-state index contributed by atoms with van der Waals surface area (Å²) in [6, 6.07) is 9.22. The van der Waals surface area contributed by atoms with Crippen molar-refractivity contribution in [1.82, 2.24) is 0 Å². The molecule has 2 N–H and O–H groups in total. The highest BCUT2D eigenvalue weighted by Gasteiger charge is 2.05. The molecule has 0 saturated carbocycles. The van der Waals surface area contributed by atoms with Gasteiger partial charge in [0.1, 0.15) is 5.75 Å². The lowest BCUT2D eigenvalue weighted by atomic mass is 10.1. The van der Waals surface area contributed by atoms with Crippen LogP contribution in [-0.4, -0.2) is 13.4 Å². The molecule has 82 valence electrons. The maximum absolute atomic E-state index is 10.6. The van der Waals surface area contributed by atoms with Crippen molar-refractivity contribution < 1.29 is 9.53 Å². The summed E-state index contributed by atoms with van der Waals surface area (Å²) in [7, 11) is 1.60. The van der Waals surface area contributed by atoms with E-state index in [1.54, 1.807) is 19.2 Å². The quantitative estimate of drug-likeness (QED) is 0.655. The molecule has 2 rings (SSSR count). The van der Waals surface area contributed by atoms with E-state index in [-0.39, 0.29) is 0 Å². The molecule has 1 aromatic carbocycles. The summed E-state index contributed by atoms with van der Waals surface area (Å²) in [6.07, 6.45) is 0.845. The van der Waals surface area contributed by atoms with Gasteiger partial charge in [-0.1, -0.05) is 0 Å². The highest BCUT2D eigenvalue weighted by molar-refractivity contribution is 7.17. The van der Waals surface area contributed by atoms with Crippen LogP contribution in [0.25, 0.3) is 10.4 Å². The molecular formula is C12H11NO2S. The van der Waals surface area contributed by atoms with Gasteiger partial charge in [-0.3, -0.25) is 4.79 Å². The van der Waals surface area contributed by atoms with Crippen LogP contribution >= 0.6 is 11.3 Å². The number of thiophene rings is 1. The third-order valence-electron chi connectivity index (χ3n) is 2.19. The number of benzene rings is 1. The summed E-state index contributed by atoms with van der Waals surface area (Å²) in [5.74, 6) is 0.719. The van der Waals surface area contributed by atoms with E-state index in [4.69, 9.17) is 10.5 Å². The van der Waals surface area contributed by atoms with Gasteiger partial charge in [-0.2, -0.15) is 0 Å². The van der Waals surface area contributed by atoms with Crippen LogP contribution < -0.4 is 10.5 Å². The molecule has 4 heteroatoms. The number of rotatable bonds is 3. The van der Waals surface area contributed by atoms with Crippen molar-refractivity contribution in [3.63, 3.8) is 0 Å². The predicted octanol–water partition coefficient (Wildman–Crippen LogP) is 2.82. The summed E-state index contributed by atoms with van der Waals surface area (Å²) < 4.78 is 5.15. The molecule has 0 amide bonds. The van der Waals surface area contributed by atoms with Crippen LogP contribution in [0.2, 0.25) is 0 Å². The molecule has 0 fully saturated rings. The Bertz CT molecular complexity index is 519. The lowest BCUT2D eigenvalue weighted by Crippen LogP contribution is -1.89. The fourth-order valence-corrected chi connectivity index (χ4v) is 2.26. The highest BCUT2D eigenvalue weighted by Crippen LogP contribution is 2.31. The van der Waals surface area contributed by atoms with Gasteiger partial charge in [0.2, 0.25) is 0 Å². The molecule has 2 aromatic rings. The predicted molar refractivity (Wildman–Crippen MR) is 66.1 cm³/mol. The number of hydrogen-bond acceptors (Lipinski definition) is 4. The summed E-state index contributed by atoms with van der Waals surface area (Å²) in [5, 5.41) is 0. The zero-order valence-corrected chi connectivity index (χ0v) is 9.58. The smallest absolute Gasteiger partial charge is 0.160 e. The van der Waals surface area contributed by atoms with Crippen LogP contribution in [0.15, 0.2) is 30.3 Å². The minimum atomic E-state index is 0.649. The van der Waals surface area contributed by atoms with E-state index in [0.29, 0.717) is 10.6 Å². The first kappa shape index (κ1) is 10.7. The Morgan fingerprint density at radius 3 is 2.75 bits per heavy atom. The molecule has 0 bridgehead atoms. The minimum Gasteiger partial charge on any atom is -0.497 e. The summed E-state index contributed by atoms with van der Waals surface area (Å²) in [4.78, 5) is 12.3. The number of nitrogens with two attached hydrogens (primary N) is 1. The Hall–Kier alpha value is -1.81. The van der Waals surface area contributed by atoms with Crippen molar-refractivity contribution in [3.05, 3.63) is 35.2 Å². The molecule has 1 heterocycles. The van der Waals surface area contributed by atoms with Crippen LogP contribution in [0.4, 0.5) is 5.69 Å². The molecule has 0 aliphatic rings. The van der Waals surface area contributed by atoms with Crippen molar-refractivity contribution in [3.8, 4) is 16.2 Å². The monoisotopic (exact) mass is 233 g/mol. The molecule has 0 atom stereocenters. The largest absolute Gasteiger partial charge is 0.497 e. The van der Waals surface area contributed by atoms with Gasteiger partial charge < -0.3 is 10.5 Å². The third-order valence-corrected chi connectivity index (χ3v) is 3.25. The Balaban J connectivity index is 2.46. The van der Waals surface area contributed by atoms with Crippen LogP contribution in [-0.2, 0) is 0 Å².